The second-order valence-corrected chi connectivity index (χ2v) is 7.09. The van der Waals surface area contributed by atoms with Gasteiger partial charge in [-0.1, -0.05) is 31.5 Å². The summed E-state index contributed by atoms with van der Waals surface area (Å²) in [6, 6.07) is 4.52. The van der Waals surface area contributed by atoms with Crippen LogP contribution in [-0.4, -0.2) is 48.8 Å². The standard InChI is InChI=1S/C20H30N2O2/c1-5-15-10-14(3)11-16(6-2)19(15)18-13-21-12-17(24-4)8-7-9-22(21)20(18)23/h10-11,17-18H,5-9,12-13H2,1-4H3/t17-,18?/m1/s1. The smallest absolute Gasteiger partial charge is 0.245 e. The number of methoxy groups -OCH3 is 1. The van der Waals surface area contributed by atoms with Crippen molar-refractivity contribution in [2.24, 2.45) is 0 Å². The van der Waals surface area contributed by atoms with Gasteiger partial charge in [0.25, 0.3) is 0 Å². The van der Waals surface area contributed by atoms with E-state index >= 15 is 0 Å². The molecule has 4 nitrogen and oxygen atoms in total. The molecule has 0 radical (unpaired) electrons. The monoisotopic (exact) mass is 330 g/mol. The maximum absolute atomic E-state index is 13.2. The fraction of sp³-hybridized carbons (Fsp3) is 0.650. The van der Waals surface area contributed by atoms with E-state index in [0.29, 0.717) is 0 Å². The van der Waals surface area contributed by atoms with Gasteiger partial charge in [-0.05, 0) is 49.3 Å². The van der Waals surface area contributed by atoms with Crippen molar-refractivity contribution in [1.82, 2.24) is 10.0 Å². The number of ether oxygens (including phenoxy) is 1. The fourth-order valence-corrected chi connectivity index (χ4v) is 4.32. The summed E-state index contributed by atoms with van der Waals surface area (Å²) in [5, 5.41) is 4.22. The maximum atomic E-state index is 13.2. The van der Waals surface area contributed by atoms with Gasteiger partial charge in [-0.2, -0.15) is 0 Å². The minimum Gasteiger partial charge on any atom is -0.380 e. The number of hydrogen-bond acceptors (Lipinski definition) is 3. The highest BCUT2D eigenvalue weighted by atomic mass is 16.5. The van der Waals surface area contributed by atoms with Gasteiger partial charge in [-0.3, -0.25) is 9.80 Å². The van der Waals surface area contributed by atoms with Crippen molar-refractivity contribution in [3.05, 3.63) is 34.4 Å². The lowest BCUT2D eigenvalue weighted by Gasteiger charge is -2.26. The van der Waals surface area contributed by atoms with E-state index in [1.54, 1.807) is 7.11 Å². The third-order valence-electron chi connectivity index (χ3n) is 5.54. The Balaban J connectivity index is 1.95. The van der Waals surface area contributed by atoms with Gasteiger partial charge in [0.05, 0.1) is 12.0 Å². The summed E-state index contributed by atoms with van der Waals surface area (Å²) < 4.78 is 5.58. The van der Waals surface area contributed by atoms with Crippen LogP contribution < -0.4 is 0 Å². The van der Waals surface area contributed by atoms with Crippen LogP contribution in [0.4, 0.5) is 0 Å². The zero-order valence-electron chi connectivity index (χ0n) is 15.5. The molecule has 1 amide bonds. The number of carbonyl (C=O) groups is 1. The summed E-state index contributed by atoms with van der Waals surface area (Å²) in [5.41, 5.74) is 5.27. The Morgan fingerprint density at radius 2 is 1.83 bits per heavy atom. The largest absolute Gasteiger partial charge is 0.380 e. The van der Waals surface area contributed by atoms with Crippen molar-refractivity contribution in [1.29, 1.82) is 0 Å². The molecule has 2 aliphatic rings. The first-order valence-corrected chi connectivity index (χ1v) is 9.30. The van der Waals surface area contributed by atoms with Crippen LogP contribution in [0.5, 0.6) is 0 Å². The van der Waals surface area contributed by atoms with Crippen molar-refractivity contribution < 1.29 is 9.53 Å². The van der Waals surface area contributed by atoms with Crippen LogP contribution in [0.2, 0.25) is 0 Å². The Morgan fingerprint density at radius 3 is 2.42 bits per heavy atom. The van der Waals surface area contributed by atoms with Crippen molar-refractivity contribution >= 4 is 5.91 Å². The van der Waals surface area contributed by atoms with E-state index in [4.69, 9.17) is 4.74 Å². The molecule has 24 heavy (non-hydrogen) atoms. The number of nitrogens with zero attached hydrogens (tertiary/aromatic N) is 2. The summed E-state index contributed by atoms with van der Waals surface area (Å²) in [5.74, 6) is 0.256. The predicted molar refractivity (Wildman–Crippen MR) is 96.0 cm³/mol. The second-order valence-electron chi connectivity index (χ2n) is 7.09. The fourth-order valence-electron chi connectivity index (χ4n) is 4.32. The highest BCUT2D eigenvalue weighted by Gasteiger charge is 2.42. The predicted octanol–water partition coefficient (Wildman–Crippen LogP) is 3.07. The first-order valence-electron chi connectivity index (χ1n) is 9.30. The molecule has 0 N–H and O–H groups in total. The van der Waals surface area contributed by atoms with E-state index in [1.807, 2.05) is 5.01 Å². The van der Waals surface area contributed by atoms with Gasteiger partial charge in [-0.25, -0.2) is 5.01 Å². The average Bonchev–Trinajstić information content (AvgIpc) is 2.76. The van der Waals surface area contributed by atoms with Crippen LogP contribution in [0, 0.1) is 6.92 Å². The number of benzene rings is 1. The number of amides is 1. The van der Waals surface area contributed by atoms with E-state index in [1.165, 1.54) is 22.3 Å². The zero-order chi connectivity index (χ0) is 17.3. The molecule has 2 saturated heterocycles. The summed E-state index contributed by atoms with van der Waals surface area (Å²) >= 11 is 0. The number of carbonyl (C=O) groups excluding carboxylic acids is 1. The number of hydrazine groups is 1. The molecule has 0 spiro atoms. The lowest BCUT2D eigenvalue weighted by molar-refractivity contribution is -0.138. The summed E-state index contributed by atoms with van der Waals surface area (Å²) in [7, 11) is 1.78. The van der Waals surface area contributed by atoms with Crippen molar-refractivity contribution in [3.63, 3.8) is 0 Å². The van der Waals surface area contributed by atoms with Crippen LogP contribution in [0.25, 0.3) is 0 Å². The van der Waals surface area contributed by atoms with Gasteiger partial charge in [0.2, 0.25) is 5.91 Å². The molecule has 3 rings (SSSR count). The quantitative estimate of drug-likeness (QED) is 0.850. The third kappa shape index (κ3) is 3.09. The number of hydrogen-bond donors (Lipinski definition) is 0. The Bertz CT molecular complexity index is 589. The Kier molecular flexibility index (Phi) is 5.26. The van der Waals surface area contributed by atoms with Crippen LogP contribution in [-0.2, 0) is 22.4 Å². The van der Waals surface area contributed by atoms with Gasteiger partial charge >= 0.3 is 0 Å². The van der Waals surface area contributed by atoms with Gasteiger partial charge in [-0.15, -0.1) is 0 Å². The topological polar surface area (TPSA) is 32.8 Å². The van der Waals surface area contributed by atoms with Crippen molar-refractivity contribution in [3.8, 4) is 0 Å². The lowest BCUT2D eigenvalue weighted by atomic mass is 9.86. The minimum absolute atomic E-state index is 0.0221. The summed E-state index contributed by atoms with van der Waals surface area (Å²) in [6.07, 6.45) is 4.24. The molecule has 132 valence electrons. The van der Waals surface area contributed by atoms with E-state index in [0.717, 1.165) is 45.3 Å². The molecule has 1 aromatic carbocycles. The number of aryl methyl sites for hydroxylation is 3. The van der Waals surface area contributed by atoms with Crippen LogP contribution >= 0.6 is 0 Å². The molecule has 0 aromatic heterocycles. The minimum atomic E-state index is -0.0221. The molecular weight excluding hydrogens is 300 g/mol. The van der Waals surface area contributed by atoms with Crippen molar-refractivity contribution in [2.75, 3.05) is 26.7 Å². The lowest BCUT2D eigenvalue weighted by Crippen LogP contribution is -2.41. The first kappa shape index (κ1) is 17.4. The number of rotatable bonds is 4. The van der Waals surface area contributed by atoms with E-state index in [-0.39, 0.29) is 17.9 Å². The van der Waals surface area contributed by atoms with Crippen LogP contribution in [0.15, 0.2) is 12.1 Å². The molecule has 1 unspecified atom stereocenters. The summed E-state index contributed by atoms with van der Waals surface area (Å²) in [6.45, 7) is 8.98. The third-order valence-corrected chi connectivity index (χ3v) is 5.54. The second kappa shape index (κ2) is 7.24. The highest BCUT2D eigenvalue weighted by molar-refractivity contribution is 5.86. The van der Waals surface area contributed by atoms with Gasteiger partial charge in [0.1, 0.15) is 0 Å². The molecular formula is C20H30N2O2. The van der Waals surface area contributed by atoms with E-state index in [2.05, 4.69) is 37.9 Å². The summed E-state index contributed by atoms with van der Waals surface area (Å²) in [4.78, 5) is 13.2. The molecule has 4 heteroatoms. The maximum Gasteiger partial charge on any atom is 0.245 e. The molecule has 2 fully saturated rings. The van der Waals surface area contributed by atoms with Gasteiger partial charge in [0.15, 0.2) is 0 Å². The van der Waals surface area contributed by atoms with Crippen molar-refractivity contribution in [2.45, 2.75) is 58.5 Å². The first-order chi connectivity index (χ1) is 11.6. The normalized spacial score (nSPS) is 25.0. The molecule has 0 aliphatic carbocycles. The molecule has 1 aromatic rings. The highest BCUT2D eigenvalue weighted by Crippen LogP contribution is 2.35. The number of fused-ring (bicyclic) bond motifs is 1. The van der Waals surface area contributed by atoms with Crippen LogP contribution in [0.3, 0.4) is 0 Å². The molecule has 0 bridgehead atoms. The Hall–Kier alpha value is -1.39. The van der Waals surface area contributed by atoms with E-state index in [9.17, 15) is 4.79 Å². The van der Waals surface area contributed by atoms with Crippen LogP contribution in [0.1, 0.15) is 54.9 Å². The average molecular weight is 330 g/mol. The molecule has 2 heterocycles. The van der Waals surface area contributed by atoms with Gasteiger partial charge < -0.3 is 4.74 Å². The molecule has 2 atom stereocenters. The molecule has 2 aliphatic heterocycles. The Morgan fingerprint density at radius 1 is 1.17 bits per heavy atom. The Labute approximate surface area is 145 Å². The van der Waals surface area contributed by atoms with E-state index < -0.39 is 0 Å². The zero-order valence-corrected chi connectivity index (χ0v) is 15.5. The SMILES string of the molecule is CCc1cc(C)cc(CC)c1C1CN2C[C@H](OC)CCCN2C1=O. The van der Waals surface area contributed by atoms with Gasteiger partial charge in [0, 0.05) is 26.7 Å². The molecule has 0 saturated carbocycles.